The van der Waals surface area contributed by atoms with Crippen LogP contribution >= 0.6 is 15.9 Å². The Kier molecular flexibility index (Phi) is 3.07. The number of hydrogen-bond acceptors (Lipinski definition) is 3. The van der Waals surface area contributed by atoms with Gasteiger partial charge in [0.1, 0.15) is 12.1 Å². The van der Waals surface area contributed by atoms with Crippen molar-refractivity contribution < 1.29 is 0 Å². The standard InChI is InChI=1S/C13H18BrN3/c1-9-7-17(6-5-11(9)14)13-10-3-2-4-12(10)15-8-16-13/h8-9,11H,2-7H2,1H3. The summed E-state index contributed by atoms with van der Waals surface area (Å²) in [5, 5.41) is 0. The fraction of sp³-hybridized carbons (Fsp3) is 0.692. The van der Waals surface area contributed by atoms with Crippen LogP contribution in [0, 0.1) is 5.92 Å². The second-order valence-electron chi connectivity index (χ2n) is 5.20. The summed E-state index contributed by atoms with van der Waals surface area (Å²) in [4.78, 5) is 12.0. The van der Waals surface area contributed by atoms with Gasteiger partial charge in [0, 0.05) is 29.2 Å². The molecule has 0 aromatic carbocycles. The molecule has 0 saturated carbocycles. The number of anilines is 1. The number of aromatic nitrogens is 2. The fourth-order valence-electron chi connectivity index (χ4n) is 2.92. The van der Waals surface area contributed by atoms with E-state index in [9.17, 15) is 0 Å². The van der Waals surface area contributed by atoms with Gasteiger partial charge in [-0.15, -0.1) is 0 Å². The van der Waals surface area contributed by atoms with Gasteiger partial charge in [-0.05, 0) is 31.6 Å². The van der Waals surface area contributed by atoms with E-state index in [-0.39, 0.29) is 0 Å². The summed E-state index contributed by atoms with van der Waals surface area (Å²) in [7, 11) is 0. The smallest absolute Gasteiger partial charge is 0.135 e. The molecule has 1 aliphatic carbocycles. The van der Waals surface area contributed by atoms with Gasteiger partial charge >= 0.3 is 0 Å². The highest BCUT2D eigenvalue weighted by molar-refractivity contribution is 9.09. The van der Waals surface area contributed by atoms with E-state index < -0.39 is 0 Å². The lowest BCUT2D eigenvalue weighted by Gasteiger charge is -2.35. The van der Waals surface area contributed by atoms with Crippen molar-refractivity contribution in [2.45, 2.75) is 37.4 Å². The topological polar surface area (TPSA) is 29.0 Å². The van der Waals surface area contributed by atoms with Crippen molar-refractivity contribution in [2.75, 3.05) is 18.0 Å². The second kappa shape index (κ2) is 4.56. The van der Waals surface area contributed by atoms with Crippen LogP contribution in [0.3, 0.4) is 0 Å². The molecule has 0 radical (unpaired) electrons. The molecular weight excluding hydrogens is 278 g/mol. The van der Waals surface area contributed by atoms with Crippen LogP contribution in [0.25, 0.3) is 0 Å². The van der Waals surface area contributed by atoms with Crippen LogP contribution in [0.4, 0.5) is 5.82 Å². The van der Waals surface area contributed by atoms with E-state index in [0.717, 1.165) is 25.9 Å². The van der Waals surface area contributed by atoms with Crippen molar-refractivity contribution in [3.63, 3.8) is 0 Å². The Morgan fingerprint density at radius 2 is 2.24 bits per heavy atom. The minimum Gasteiger partial charge on any atom is -0.356 e. The summed E-state index contributed by atoms with van der Waals surface area (Å²) in [5.41, 5.74) is 2.69. The zero-order chi connectivity index (χ0) is 11.8. The van der Waals surface area contributed by atoms with Crippen LogP contribution in [-0.4, -0.2) is 27.9 Å². The molecule has 2 atom stereocenters. The molecule has 3 rings (SSSR count). The average molecular weight is 296 g/mol. The molecule has 17 heavy (non-hydrogen) atoms. The molecule has 1 saturated heterocycles. The number of rotatable bonds is 1. The van der Waals surface area contributed by atoms with Crippen molar-refractivity contribution in [1.82, 2.24) is 9.97 Å². The van der Waals surface area contributed by atoms with Crippen molar-refractivity contribution in [1.29, 1.82) is 0 Å². The predicted octanol–water partition coefficient (Wildman–Crippen LogP) is 2.58. The zero-order valence-corrected chi connectivity index (χ0v) is 11.8. The molecule has 1 aromatic rings. The highest BCUT2D eigenvalue weighted by Gasteiger charge is 2.27. The molecule has 2 aliphatic rings. The molecule has 0 spiro atoms. The summed E-state index contributed by atoms with van der Waals surface area (Å²) in [6.45, 7) is 4.54. The molecule has 1 aliphatic heterocycles. The molecule has 2 unspecified atom stereocenters. The first-order chi connectivity index (χ1) is 8.25. The van der Waals surface area contributed by atoms with Crippen molar-refractivity contribution in [3.05, 3.63) is 17.6 Å². The first kappa shape index (κ1) is 11.5. The van der Waals surface area contributed by atoms with Gasteiger partial charge < -0.3 is 4.90 Å². The molecule has 1 aromatic heterocycles. The Morgan fingerprint density at radius 3 is 3.06 bits per heavy atom. The van der Waals surface area contributed by atoms with Gasteiger partial charge in [0.2, 0.25) is 0 Å². The number of halogens is 1. The molecular formula is C13H18BrN3. The maximum Gasteiger partial charge on any atom is 0.135 e. The highest BCUT2D eigenvalue weighted by atomic mass is 79.9. The lowest BCUT2D eigenvalue weighted by molar-refractivity contribution is 0.463. The number of hydrogen-bond donors (Lipinski definition) is 0. The third-order valence-electron chi connectivity index (χ3n) is 3.95. The normalized spacial score (nSPS) is 28.2. The van der Waals surface area contributed by atoms with Crippen LogP contribution in [0.5, 0.6) is 0 Å². The summed E-state index contributed by atoms with van der Waals surface area (Å²) >= 11 is 3.76. The molecule has 92 valence electrons. The number of piperidine rings is 1. The predicted molar refractivity (Wildman–Crippen MR) is 72.8 cm³/mol. The number of fused-ring (bicyclic) bond motifs is 1. The van der Waals surface area contributed by atoms with Gasteiger partial charge in [0.05, 0.1) is 0 Å². The largest absolute Gasteiger partial charge is 0.356 e. The third kappa shape index (κ3) is 2.07. The molecule has 3 nitrogen and oxygen atoms in total. The van der Waals surface area contributed by atoms with Gasteiger partial charge in [-0.1, -0.05) is 22.9 Å². The van der Waals surface area contributed by atoms with E-state index in [1.165, 1.54) is 29.9 Å². The van der Waals surface area contributed by atoms with E-state index >= 15 is 0 Å². The van der Waals surface area contributed by atoms with E-state index in [4.69, 9.17) is 0 Å². The molecule has 1 fully saturated rings. The van der Waals surface area contributed by atoms with E-state index in [2.05, 4.69) is 37.7 Å². The highest BCUT2D eigenvalue weighted by Crippen LogP contribution is 2.32. The van der Waals surface area contributed by atoms with Crippen LogP contribution < -0.4 is 4.90 Å². The second-order valence-corrected chi connectivity index (χ2v) is 6.38. The summed E-state index contributed by atoms with van der Waals surface area (Å²) in [6, 6.07) is 0. The molecule has 0 bridgehead atoms. The quantitative estimate of drug-likeness (QED) is 0.746. The Morgan fingerprint density at radius 1 is 1.35 bits per heavy atom. The Bertz CT molecular complexity index is 421. The van der Waals surface area contributed by atoms with Gasteiger partial charge in [-0.2, -0.15) is 0 Å². The van der Waals surface area contributed by atoms with Crippen molar-refractivity contribution in [2.24, 2.45) is 5.92 Å². The lowest BCUT2D eigenvalue weighted by atomic mass is 9.99. The van der Waals surface area contributed by atoms with Gasteiger partial charge in [0.25, 0.3) is 0 Å². The van der Waals surface area contributed by atoms with Crippen LogP contribution in [-0.2, 0) is 12.8 Å². The molecule has 4 heteroatoms. The summed E-state index contributed by atoms with van der Waals surface area (Å²) in [6.07, 6.45) is 6.49. The number of nitrogens with zero attached hydrogens (tertiary/aromatic N) is 3. The van der Waals surface area contributed by atoms with Crippen LogP contribution in [0.2, 0.25) is 0 Å². The summed E-state index contributed by atoms with van der Waals surface area (Å²) < 4.78 is 0. The molecule has 2 heterocycles. The van der Waals surface area contributed by atoms with Gasteiger partial charge in [-0.3, -0.25) is 0 Å². The van der Waals surface area contributed by atoms with Crippen LogP contribution in [0.1, 0.15) is 31.0 Å². The minimum atomic E-state index is 0.661. The zero-order valence-electron chi connectivity index (χ0n) is 10.2. The van der Waals surface area contributed by atoms with E-state index in [1.54, 1.807) is 6.33 Å². The summed E-state index contributed by atoms with van der Waals surface area (Å²) in [5.74, 6) is 1.90. The number of alkyl halides is 1. The van der Waals surface area contributed by atoms with Gasteiger partial charge in [-0.25, -0.2) is 9.97 Å². The van der Waals surface area contributed by atoms with Gasteiger partial charge in [0.15, 0.2) is 0 Å². The minimum absolute atomic E-state index is 0.661. The molecule has 0 N–H and O–H groups in total. The third-order valence-corrected chi connectivity index (χ3v) is 5.31. The van der Waals surface area contributed by atoms with Crippen LogP contribution in [0.15, 0.2) is 6.33 Å². The monoisotopic (exact) mass is 295 g/mol. The Hall–Kier alpha value is -0.640. The van der Waals surface area contributed by atoms with Crippen molar-refractivity contribution in [3.8, 4) is 0 Å². The van der Waals surface area contributed by atoms with Crippen molar-refractivity contribution >= 4 is 21.7 Å². The molecule has 0 amide bonds. The average Bonchev–Trinajstić information content (AvgIpc) is 2.80. The van der Waals surface area contributed by atoms with E-state index in [1.807, 2.05) is 0 Å². The lowest BCUT2D eigenvalue weighted by Crippen LogP contribution is -2.40. The Balaban J connectivity index is 1.87. The van der Waals surface area contributed by atoms with E-state index in [0.29, 0.717) is 10.7 Å². The first-order valence-electron chi connectivity index (χ1n) is 6.47. The first-order valence-corrected chi connectivity index (χ1v) is 7.39. The Labute approximate surface area is 111 Å². The maximum absolute atomic E-state index is 4.53. The maximum atomic E-state index is 4.53. The fourth-order valence-corrected chi connectivity index (χ4v) is 3.30. The number of aryl methyl sites for hydroxylation is 1. The SMILES string of the molecule is CC1CN(c2ncnc3c2CCC3)CCC1Br.